The minimum atomic E-state index is -0.468. The predicted octanol–water partition coefficient (Wildman–Crippen LogP) is 1.18. The largest absolute Gasteiger partial charge is 0.397 e. The summed E-state index contributed by atoms with van der Waals surface area (Å²) >= 11 is 1.31. The molecule has 0 fully saturated rings. The van der Waals surface area contributed by atoms with Crippen molar-refractivity contribution in [1.82, 2.24) is 4.90 Å². The van der Waals surface area contributed by atoms with E-state index in [-0.39, 0.29) is 0 Å². The third-order valence-electron chi connectivity index (χ3n) is 2.61. The van der Waals surface area contributed by atoms with E-state index in [0.717, 1.165) is 31.2 Å². The van der Waals surface area contributed by atoms with Crippen LogP contribution in [0, 0.1) is 0 Å². The van der Waals surface area contributed by atoms with Crippen molar-refractivity contribution >= 4 is 27.9 Å². The quantitative estimate of drug-likeness (QED) is 0.684. The maximum absolute atomic E-state index is 11.0. The summed E-state index contributed by atoms with van der Waals surface area (Å²) in [5.74, 6) is -0.468. The molecule has 0 saturated heterocycles. The monoisotopic (exact) mass is 256 g/mol. The lowest BCUT2D eigenvalue weighted by Crippen LogP contribution is -2.28. The van der Waals surface area contributed by atoms with Crippen LogP contribution in [0.15, 0.2) is 6.07 Å². The minimum absolute atomic E-state index is 0.426. The first-order valence-corrected chi connectivity index (χ1v) is 6.55. The molecule has 1 heterocycles. The Morgan fingerprint density at radius 1 is 1.47 bits per heavy atom. The molecule has 0 aliphatic rings. The number of thiophene rings is 1. The summed E-state index contributed by atoms with van der Waals surface area (Å²) in [6.45, 7) is 8.15. The Labute approximate surface area is 106 Å². The van der Waals surface area contributed by atoms with Crippen molar-refractivity contribution < 1.29 is 4.79 Å². The van der Waals surface area contributed by atoms with Crippen molar-refractivity contribution in [2.75, 3.05) is 37.2 Å². The van der Waals surface area contributed by atoms with Gasteiger partial charge in [-0.2, -0.15) is 0 Å². The molecule has 0 aliphatic heterocycles. The number of nitrogens with two attached hydrogens (primary N) is 2. The summed E-state index contributed by atoms with van der Waals surface area (Å²) in [7, 11) is 0. The van der Waals surface area contributed by atoms with E-state index >= 15 is 0 Å². The number of amides is 1. The molecule has 0 saturated carbocycles. The summed E-state index contributed by atoms with van der Waals surface area (Å²) in [5.41, 5.74) is 11.3. The third-order valence-corrected chi connectivity index (χ3v) is 3.73. The molecule has 1 aromatic heterocycles. The second-order valence-corrected chi connectivity index (χ2v) is 4.77. The Morgan fingerprint density at radius 2 is 2.12 bits per heavy atom. The van der Waals surface area contributed by atoms with Gasteiger partial charge in [-0.15, -0.1) is 11.3 Å². The maximum atomic E-state index is 11.0. The SMILES string of the molecule is CCN(CC)CCNc1cc(N)c(C(N)=O)s1. The number of primary amides is 1. The number of likely N-dealkylation sites (N-methyl/N-ethyl adjacent to an activating group) is 1. The van der Waals surface area contributed by atoms with Gasteiger partial charge in [-0.3, -0.25) is 4.79 Å². The molecule has 1 amide bonds. The molecule has 96 valence electrons. The predicted molar refractivity (Wildman–Crippen MR) is 73.5 cm³/mol. The van der Waals surface area contributed by atoms with E-state index in [9.17, 15) is 4.79 Å². The molecule has 1 rings (SSSR count). The first kappa shape index (κ1) is 13.8. The Morgan fingerprint density at radius 3 is 2.59 bits per heavy atom. The number of nitrogens with zero attached hydrogens (tertiary/aromatic N) is 1. The lowest BCUT2D eigenvalue weighted by Gasteiger charge is -2.17. The molecule has 0 spiro atoms. The van der Waals surface area contributed by atoms with E-state index in [2.05, 4.69) is 24.1 Å². The topological polar surface area (TPSA) is 84.4 Å². The van der Waals surface area contributed by atoms with Crippen molar-refractivity contribution in [2.24, 2.45) is 5.73 Å². The molecule has 0 bridgehead atoms. The number of anilines is 2. The molecule has 0 aromatic carbocycles. The van der Waals surface area contributed by atoms with Crippen LogP contribution in [0.3, 0.4) is 0 Å². The highest BCUT2D eigenvalue weighted by atomic mass is 32.1. The van der Waals surface area contributed by atoms with Crippen molar-refractivity contribution in [3.8, 4) is 0 Å². The molecular weight excluding hydrogens is 236 g/mol. The zero-order valence-electron chi connectivity index (χ0n) is 10.3. The van der Waals surface area contributed by atoms with Crippen LogP contribution in [-0.2, 0) is 0 Å². The van der Waals surface area contributed by atoms with Gasteiger partial charge in [0.1, 0.15) is 4.88 Å². The summed E-state index contributed by atoms with van der Waals surface area (Å²) in [6, 6.07) is 1.76. The Kier molecular flexibility index (Phi) is 5.24. The Hall–Kier alpha value is -1.27. The smallest absolute Gasteiger partial charge is 0.260 e. The maximum Gasteiger partial charge on any atom is 0.260 e. The lowest BCUT2D eigenvalue weighted by atomic mass is 10.4. The minimum Gasteiger partial charge on any atom is -0.397 e. The fraction of sp³-hybridized carbons (Fsp3) is 0.545. The molecule has 1 aromatic rings. The number of carbonyl (C=O) groups is 1. The molecule has 0 unspecified atom stereocenters. The van der Waals surface area contributed by atoms with Gasteiger partial charge in [0.05, 0.1) is 10.7 Å². The van der Waals surface area contributed by atoms with E-state index < -0.39 is 5.91 Å². The van der Waals surface area contributed by atoms with Crippen LogP contribution < -0.4 is 16.8 Å². The Balaban J connectivity index is 2.47. The fourth-order valence-electron chi connectivity index (χ4n) is 1.56. The first-order valence-electron chi connectivity index (χ1n) is 5.73. The van der Waals surface area contributed by atoms with Gasteiger partial charge in [-0.1, -0.05) is 13.8 Å². The van der Waals surface area contributed by atoms with Gasteiger partial charge in [0.15, 0.2) is 0 Å². The molecular formula is C11H20N4OS. The van der Waals surface area contributed by atoms with Crippen molar-refractivity contribution in [3.05, 3.63) is 10.9 Å². The van der Waals surface area contributed by atoms with E-state index in [4.69, 9.17) is 11.5 Å². The normalized spacial score (nSPS) is 10.8. The van der Waals surface area contributed by atoms with E-state index in [0.29, 0.717) is 10.6 Å². The Bertz CT molecular complexity index is 374. The standard InChI is InChI=1S/C11H20N4OS/c1-3-15(4-2)6-5-14-9-7-8(12)10(17-9)11(13)16/h7,14H,3-6,12H2,1-2H3,(H2,13,16). The number of hydrogen-bond acceptors (Lipinski definition) is 5. The molecule has 0 radical (unpaired) electrons. The fourth-order valence-corrected chi connectivity index (χ4v) is 2.42. The zero-order chi connectivity index (χ0) is 12.8. The summed E-state index contributed by atoms with van der Waals surface area (Å²) < 4.78 is 0. The lowest BCUT2D eigenvalue weighted by molar-refractivity contribution is 0.100. The number of nitrogen functional groups attached to an aromatic ring is 1. The van der Waals surface area contributed by atoms with Crippen LogP contribution in [0.5, 0.6) is 0 Å². The van der Waals surface area contributed by atoms with Gasteiger partial charge >= 0.3 is 0 Å². The van der Waals surface area contributed by atoms with Crippen LogP contribution in [0.2, 0.25) is 0 Å². The summed E-state index contributed by atoms with van der Waals surface area (Å²) in [5, 5.41) is 4.14. The highest BCUT2D eigenvalue weighted by Gasteiger charge is 2.10. The van der Waals surface area contributed by atoms with Crippen LogP contribution in [0.25, 0.3) is 0 Å². The molecule has 17 heavy (non-hydrogen) atoms. The van der Waals surface area contributed by atoms with Crippen LogP contribution in [-0.4, -0.2) is 37.0 Å². The second-order valence-electron chi connectivity index (χ2n) is 3.71. The van der Waals surface area contributed by atoms with Gasteiger partial charge in [-0.05, 0) is 19.2 Å². The second kappa shape index (κ2) is 6.46. The van der Waals surface area contributed by atoms with Gasteiger partial charge in [0.2, 0.25) is 0 Å². The molecule has 0 aliphatic carbocycles. The highest BCUT2D eigenvalue weighted by molar-refractivity contribution is 7.18. The van der Waals surface area contributed by atoms with Gasteiger partial charge < -0.3 is 21.7 Å². The zero-order valence-corrected chi connectivity index (χ0v) is 11.1. The number of hydrogen-bond donors (Lipinski definition) is 3. The van der Waals surface area contributed by atoms with Crippen molar-refractivity contribution in [2.45, 2.75) is 13.8 Å². The van der Waals surface area contributed by atoms with Crippen LogP contribution in [0.4, 0.5) is 10.7 Å². The van der Waals surface area contributed by atoms with Gasteiger partial charge in [-0.25, -0.2) is 0 Å². The van der Waals surface area contributed by atoms with E-state index in [1.807, 2.05) is 0 Å². The van der Waals surface area contributed by atoms with Crippen molar-refractivity contribution in [3.63, 3.8) is 0 Å². The number of nitrogens with one attached hydrogen (secondary N) is 1. The highest BCUT2D eigenvalue weighted by Crippen LogP contribution is 2.28. The molecule has 6 heteroatoms. The third kappa shape index (κ3) is 3.90. The average Bonchev–Trinajstić information content (AvgIpc) is 2.66. The molecule has 0 atom stereocenters. The number of carbonyl (C=O) groups excluding carboxylic acids is 1. The first-order chi connectivity index (χ1) is 8.08. The summed E-state index contributed by atoms with van der Waals surface area (Å²) in [6.07, 6.45) is 0. The molecule has 5 N–H and O–H groups in total. The van der Waals surface area contributed by atoms with Crippen LogP contribution >= 0.6 is 11.3 Å². The van der Waals surface area contributed by atoms with E-state index in [1.54, 1.807) is 6.07 Å². The van der Waals surface area contributed by atoms with Crippen molar-refractivity contribution in [1.29, 1.82) is 0 Å². The van der Waals surface area contributed by atoms with Crippen LogP contribution in [0.1, 0.15) is 23.5 Å². The molecule has 5 nitrogen and oxygen atoms in total. The van der Waals surface area contributed by atoms with Gasteiger partial charge in [0.25, 0.3) is 5.91 Å². The average molecular weight is 256 g/mol. The van der Waals surface area contributed by atoms with E-state index in [1.165, 1.54) is 11.3 Å². The number of rotatable bonds is 7. The summed E-state index contributed by atoms with van der Waals surface area (Å²) in [4.78, 5) is 13.8. The van der Waals surface area contributed by atoms with Gasteiger partial charge in [0, 0.05) is 13.1 Å².